The molecule has 0 bridgehead atoms. The molecular weight excluding hydrogens is 368 g/mol. The number of carbonyl (C=O) groups excluding carboxylic acids is 2. The minimum Gasteiger partial charge on any atom is -0.490 e. The lowest BCUT2D eigenvalue weighted by molar-refractivity contribution is -0.116. The first-order valence-electron chi connectivity index (χ1n) is 8.66. The van der Waals surface area contributed by atoms with Crippen LogP contribution >= 0.6 is 11.6 Å². The SMILES string of the molecule is CCCC(=O)Nc1ccc(Cl)c(NC(=O)c2ccccc2OCCOC)c1. The minimum absolute atomic E-state index is 0.0889. The van der Waals surface area contributed by atoms with Crippen molar-refractivity contribution < 1.29 is 19.1 Å². The number of carbonyl (C=O) groups is 2. The van der Waals surface area contributed by atoms with Crippen molar-refractivity contribution in [3.8, 4) is 5.75 Å². The second-order valence-electron chi connectivity index (χ2n) is 5.78. The van der Waals surface area contributed by atoms with Gasteiger partial charge in [-0.2, -0.15) is 0 Å². The molecular formula is C20H23ClN2O4. The molecule has 0 aliphatic heterocycles. The predicted octanol–water partition coefficient (Wildman–Crippen LogP) is 4.36. The van der Waals surface area contributed by atoms with Crippen LogP contribution in [-0.4, -0.2) is 32.1 Å². The van der Waals surface area contributed by atoms with E-state index in [1.807, 2.05) is 6.92 Å². The summed E-state index contributed by atoms with van der Waals surface area (Å²) in [7, 11) is 1.58. The maximum absolute atomic E-state index is 12.7. The van der Waals surface area contributed by atoms with E-state index in [0.29, 0.717) is 47.3 Å². The van der Waals surface area contributed by atoms with Crippen molar-refractivity contribution in [2.24, 2.45) is 0 Å². The van der Waals surface area contributed by atoms with E-state index in [1.165, 1.54) is 0 Å². The second kappa shape index (κ2) is 10.5. The number of benzene rings is 2. The molecule has 6 nitrogen and oxygen atoms in total. The van der Waals surface area contributed by atoms with E-state index in [9.17, 15) is 9.59 Å². The average Bonchev–Trinajstić information content (AvgIpc) is 2.65. The predicted molar refractivity (Wildman–Crippen MR) is 107 cm³/mol. The third-order valence-corrected chi connectivity index (χ3v) is 3.98. The van der Waals surface area contributed by atoms with Crippen LogP contribution in [0.4, 0.5) is 11.4 Å². The molecule has 0 spiro atoms. The summed E-state index contributed by atoms with van der Waals surface area (Å²) in [6.45, 7) is 2.68. The molecule has 2 aromatic carbocycles. The normalized spacial score (nSPS) is 10.3. The quantitative estimate of drug-likeness (QED) is 0.624. The highest BCUT2D eigenvalue weighted by Gasteiger charge is 2.14. The molecule has 0 radical (unpaired) electrons. The van der Waals surface area contributed by atoms with Gasteiger partial charge in [-0.05, 0) is 36.8 Å². The van der Waals surface area contributed by atoms with Gasteiger partial charge in [0.2, 0.25) is 5.91 Å². The van der Waals surface area contributed by atoms with E-state index in [2.05, 4.69) is 10.6 Å². The molecule has 27 heavy (non-hydrogen) atoms. The zero-order valence-corrected chi connectivity index (χ0v) is 16.1. The molecule has 7 heteroatoms. The lowest BCUT2D eigenvalue weighted by Crippen LogP contribution is -2.16. The van der Waals surface area contributed by atoms with Crippen molar-refractivity contribution >= 4 is 34.8 Å². The third kappa shape index (κ3) is 6.27. The summed E-state index contributed by atoms with van der Waals surface area (Å²) in [5.41, 5.74) is 1.35. The van der Waals surface area contributed by atoms with Crippen molar-refractivity contribution in [1.29, 1.82) is 0 Å². The van der Waals surface area contributed by atoms with E-state index >= 15 is 0 Å². The Labute approximate surface area is 163 Å². The first-order chi connectivity index (χ1) is 13.0. The van der Waals surface area contributed by atoms with E-state index in [1.54, 1.807) is 49.6 Å². The number of methoxy groups -OCH3 is 1. The van der Waals surface area contributed by atoms with Gasteiger partial charge in [0.1, 0.15) is 12.4 Å². The summed E-state index contributed by atoms with van der Waals surface area (Å²) >= 11 is 6.19. The topological polar surface area (TPSA) is 76.7 Å². The fourth-order valence-electron chi connectivity index (χ4n) is 2.35. The number of hydrogen-bond acceptors (Lipinski definition) is 4. The van der Waals surface area contributed by atoms with Crippen LogP contribution in [-0.2, 0) is 9.53 Å². The molecule has 2 N–H and O–H groups in total. The van der Waals surface area contributed by atoms with Crippen molar-refractivity contribution in [3.63, 3.8) is 0 Å². The van der Waals surface area contributed by atoms with Crippen LogP contribution in [0.15, 0.2) is 42.5 Å². The zero-order valence-electron chi connectivity index (χ0n) is 15.4. The summed E-state index contributed by atoms with van der Waals surface area (Å²) in [4.78, 5) is 24.5. The second-order valence-corrected chi connectivity index (χ2v) is 6.19. The molecule has 0 aliphatic carbocycles. The molecule has 2 rings (SSSR count). The zero-order chi connectivity index (χ0) is 19.6. The van der Waals surface area contributed by atoms with Gasteiger partial charge >= 0.3 is 0 Å². The number of ether oxygens (including phenoxy) is 2. The van der Waals surface area contributed by atoms with Crippen LogP contribution in [0.25, 0.3) is 0 Å². The average molecular weight is 391 g/mol. The summed E-state index contributed by atoms with van der Waals surface area (Å²) in [6.07, 6.45) is 1.18. The van der Waals surface area contributed by atoms with E-state index in [4.69, 9.17) is 21.1 Å². The number of anilines is 2. The maximum Gasteiger partial charge on any atom is 0.259 e. The number of rotatable bonds is 9. The molecule has 0 aromatic heterocycles. The first kappa shape index (κ1) is 20.7. The lowest BCUT2D eigenvalue weighted by Gasteiger charge is -2.13. The van der Waals surface area contributed by atoms with Crippen LogP contribution in [0.1, 0.15) is 30.1 Å². The molecule has 0 fully saturated rings. The van der Waals surface area contributed by atoms with Crippen LogP contribution < -0.4 is 15.4 Å². The highest BCUT2D eigenvalue weighted by molar-refractivity contribution is 6.34. The summed E-state index contributed by atoms with van der Waals surface area (Å²) in [5.74, 6) is 0.00603. The third-order valence-electron chi connectivity index (χ3n) is 3.65. The Hall–Kier alpha value is -2.57. The fourth-order valence-corrected chi connectivity index (χ4v) is 2.52. The Bertz CT molecular complexity index is 795. The summed E-state index contributed by atoms with van der Waals surface area (Å²) in [6, 6.07) is 11.9. The Morgan fingerprint density at radius 1 is 1.07 bits per heavy atom. The van der Waals surface area contributed by atoms with Crippen LogP contribution in [0, 0.1) is 0 Å². The van der Waals surface area contributed by atoms with Crippen LogP contribution in [0.5, 0.6) is 5.75 Å². The van der Waals surface area contributed by atoms with E-state index in [0.717, 1.165) is 6.42 Å². The number of halogens is 1. The maximum atomic E-state index is 12.7. The Balaban J connectivity index is 2.14. The molecule has 2 aromatic rings. The number of nitrogens with one attached hydrogen (secondary N) is 2. The Morgan fingerprint density at radius 2 is 1.85 bits per heavy atom. The standard InChI is InChI=1S/C20H23ClN2O4/c1-3-6-19(24)22-14-9-10-16(21)17(13-14)23-20(25)15-7-4-5-8-18(15)27-12-11-26-2/h4-5,7-10,13H,3,6,11-12H2,1-2H3,(H,22,24)(H,23,25). The minimum atomic E-state index is -0.359. The van der Waals surface area contributed by atoms with Gasteiger partial charge in [-0.1, -0.05) is 30.7 Å². The molecule has 0 saturated carbocycles. The van der Waals surface area contributed by atoms with Crippen molar-refractivity contribution in [2.45, 2.75) is 19.8 Å². The van der Waals surface area contributed by atoms with E-state index in [-0.39, 0.29) is 11.8 Å². The Morgan fingerprint density at radius 3 is 2.59 bits per heavy atom. The van der Waals surface area contributed by atoms with Gasteiger partial charge in [-0.3, -0.25) is 9.59 Å². The molecule has 2 amide bonds. The van der Waals surface area contributed by atoms with Crippen molar-refractivity contribution in [2.75, 3.05) is 31.0 Å². The largest absolute Gasteiger partial charge is 0.490 e. The van der Waals surface area contributed by atoms with Gasteiger partial charge in [-0.25, -0.2) is 0 Å². The number of amides is 2. The van der Waals surface area contributed by atoms with Crippen molar-refractivity contribution in [3.05, 3.63) is 53.1 Å². The van der Waals surface area contributed by atoms with Gasteiger partial charge < -0.3 is 20.1 Å². The molecule has 0 unspecified atom stereocenters. The molecule has 0 saturated heterocycles. The molecule has 144 valence electrons. The van der Waals surface area contributed by atoms with E-state index < -0.39 is 0 Å². The van der Waals surface area contributed by atoms with Crippen LogP contribution in [0.2, 0.25) is 5.02 Å². The monoisotopic (exact) mass is 390 g/mol. The van der Waals surface area contributed by atoms with Gasteiger partial charge in [0.15, 0.2) is 0 Å². The number of hydrogen-bond donors (Lipinski definition) is 2. The lowest BCUT2D eigenvalue weighted by atomic mass is 10.1. The van der Waals surface area contributed by atoms with Gasteiger partial charge in [0.25, 0.3) is 5.91 Å². The first-order valence-corrected chi connectivity index (χ1v) is 9.04. The summed E-state index contributed by atoms with van der Waals surface area (Å²) < 4.78 is 10.6. The highest BCUT2D eigenvalue weighted by Crippen LogP contribution is 2.27. The highest BCUT2D eigenvalue weighted by atomic mass is 35.5. The molecule has 0 heterocycles. The van der Waals surface area contributed by atoms with Crippen molar-refractivity contribution in [1.82, 2.24) is 0 Å². The van der Waals surface area contributed by atoms with Gasteiger partial charge in [-0.15, -0.1) is 0 Å². The summed E-state index contributed by atoms with van der Waals surface area (Å²) in [5, 5.41) is 5.92. The molecule has 0 aliphatic rings. The van der Waals surface area contributed by atoms with Gasteiger partial charge in [0, 0.05) is 19.2 Å². The fraction of sp³-hybridized carbons (Fsp3) is 0.300. The smallest absolute Gasteiger partial charge is 0.259 e. The number of para-hydroxylation sites is 1. The van der Waals surface area contributed by atoms with Gasteiger partial charge in [0.05, 0.1) is 22.9 Å². The Kier molecular flexibility index (Phi) is 8.10. The molecule has 0 atom stereocenters. The van der Waals surface area contributed by atoms with Crippen LogP contribution in [0.3, 0.4) is 0 Å².